The zero-order valence-electron chi connectivity index (χ0n) is 17.1. The van der Waals surface area contributed by atoms with Crippen LogP contribution < -0.4 is 15.4 Å². The zero-order valence-corrected chi connectivity index (χ0v) is 17.1. The van der Waals surface area contributed by atoms with E-state index in [-0.39, 0.29) is 11.9 Å². The minimum Gasteiger partial charge on any atom is -0.491 e. The number of para-hydroxylation sites is 1. The standard InChI is InChI=1S/C26H28N2O2/c29-26-24-14-6-7-15-25(24)30-19-23(17-20-9-2-1-3-10-20)28-18-22-12-5-4-11-21(22)13-8-16-27-26/h1-7,9-12,14-15,23,28H,8,13,16-19H2,(H,27,29)/t23-/m0/s1. The number of hydrogen-bond acceptors (Lipinski definition) is 3. The van der Waals surface area contributed by atoms with Gasteiger partial charge in [-0.3, -0.25) is 4.79 Å². The topological polar surface area (TPSA) is 50.4 Å². The van der Waals surface area contributed by atoms with Crippen molar-refractivity contribution in [2.45, 2.75) is 31.8 Å². The molecule has 1 amide bonds. The number of carbonyl (C=O) groups excluding carboxylic acids is 1. The number of ether oxygens (including phenoxy) is 1. The van der Waals surface area contributed by atoms with E-state index in [4.69, 9.17) is 4.74 Å². The maximum absolute atomic E-state index is 12.7. The Bertz CT molecular complexity index is 972. The van der Waals surface area contributed by atoms with Gasteiger partial charge in [-0.05, 0) is 48.1 Å². The van der Waals surface area contributed by atoms with Gasteiger partial charge in [0.1, 0.15) is 12.4 Å². The van der Waals surface area contributed by atoms with E-state index in [0.717, 1.165) is 25.8 Å². The Kier molecular flexibility index (Phi) is 6.78. The first-order valence-corrected chi connectivity index (χ1v) is 10.6. The summed E-state index contributed by atoms with van der Waals surface area (Å²) in [4.78, 5) is 12.7. The lowest BCUT2D eigenvalue weighted by Gasteiger charge is -2.22. The smallest absolute Gasteiger partial charge is 0.255 e. The summed E-state index contributed by atoms with van der Waals surface area (Å²) in [7, 11) is 0. The van der Waals surface area contributed by atoms with Crippen molar-refractivity contribution in [3.05, 3.63) is 101 Å². The Morgan fingerprint density at radius 2 is 1.60 bits per heavy atom. The minimum atomic E-state index is -0.0801. The quantitative estimate of drug-likeness (QED) is 0.680. The molecular formula is C26H28N2O2. The van der Waals surface area contributed by atoms with E-state index < -0.39 is 0 Å². The van der Waals surface area contributed by atoms with Crippen LogP contribution in [0.25, 0.3) is 0 Å². The Labute approximate surface area is 178 Å². The number of carbonyl (C=O) groups is 1. The highest BCUT2D eigenvalue weighted by Crippen LogP contribution is 2.19. The molecule has 0 spiro atoms. The summed E-state index contributed by atoms with van der Waals surface area (Å²) >= 11 is 0. The number of benzene rings is 3. The second-order valence-electron chi connectivity index (χ2n) is 7.70. The highest BCUT2D eigenvalue weighted by molar-refractivity contribution is 5.96. The molecule has 3 aromatic rings. The highest BCUT2D eigenvalue weighted by Gasteiger charge is 2.16. The lowest BCUT2D eigenvalue weighted by atomic mass is 10.0. The van der Waals surface area contributed by atoms with Gasteiger partial charge in [0.05, 0.1) is 5.56 Å². The van der Waals surface area contributed by atoms with Crippen LogP contribution >= 0.6 is 0 Å². The molecule has 0 aliphatic carbocycles. The van der Waals surface area contributed by atoms with Crippen LogP contribution in [0.4, 0.5) is 0 Å². The van der Waals surface area contributed by atoms with Crippen molar-refractivity contribution in [1.82, 2.24) is 10.6 Å². The third-order valence-electron chi connectivity index (χ3n) is 5.50. The number of fused-ring (bicyclic) bond motifs is 2. The predicted octanol–water partition coefficient (Wildman–Crippen LogP) is 4.14. The van der Waals surface area contributed by atoms with Crippen LogP contribution in [0.2, 0.25) is 0 Å². The molecule has 1 aliphatic heterocycles. The van der Waals surface area contributed by atoms with Gasteiger partial charge < -0.3 is 15.4 Å². The summed E-state index contributed by atoms with van der Waals surface area (Å²) in [5, 5.41) is 6.73. The van der Waals surface area contributed by atoms with E-state index in [9.17, 15) is 4.79 Å². The lowest BCUT2D eigenvalue weighted by Crippen LogP contribution is -2.37. The van der Waals surface area contributed by atoms with Gasteiger partial charge in [-0.25, -0.2) is 0 Å². The first-order chi connectivity index (χ1) is 14.8. The van der Waals surface area contributed by atoms with Gasteiger partial charge >= 0.3 is 0 Å². The maximum atomic E-state index is 12.7. The Morgan fingerprint density at radius 3 is 2.47 bits per heavy atom. The van der Waals surface area contributed by atoms with Crippen molar-refractivity contribution in [2.75, 3.05) is 13.2 Å². The lowest BCUT2D eigenvalue weighted by molar-refractivity contribution is 0.0948. The molecule has 3 aromatic carbocycles. The molecule has 0 saturated heterocycles. The summed E-state index contributed by atoms with van der Waals surface area (Å²) in [6.45, 7) is 1.93. The molecule has 0 saturated carbocycles. The molecule has 0 fully saturated rings. The highest BCUT2D eigenvalue weighted by atomic mass is 16.5. The SMILES string of the molecule is O=C1NCCCc2ccccc2CN[C@@H](Cc2ccccc2)COc2ccccc21. The van der Waals surface area contributed by atoms with E-state index >= 15 is 0 Å². The fraction of sp³-hybridized carbons (Fsp3) is 0.269. The molecule has 0 unspecified atom stereocenters. The van der Waals surface area contributed by atoms with Crippen LogP contribution in [0.5, 0.6) is 5.75 Å². The Balaban J connectivity index is 1.58. The largest absolute Gasteiger partial charge is 0.491 e. The van der Waals surface area contributed by atoms with E-state index in [2.05, 4.69) is 59.2 Å². The number of hydrogen-bond donors (Lipinski definition) is 2. The van der Waals surface area contributed by atoms with Crippen molar-refractivity contribution < 1.29 is 9.53 Å². The fourth-order valence-corrected chi connectivity index (χ4v) is 3.86. The van der Waals surface area contributed by atoms with Gasteiger partial charge in [-0.1, -0.05) is 66.7 Å². The third-order valence-corrected chi connectivity index (χ3v) is 5.50. The molecule has 1 aliphatic rings. The zero-order chi connectivity index (χ0) is 20.6. The number of rotatable bonds is 2. The Morgan fingerprint density at radius 1 is 0.867 bits per heavy atom. The number of amides is 1. The summed E-state index contributed by atoms with van der Waals surface area (Å²) < 4.78 is 6.15. The van der Waals surface area contributed by atoms with Crippen LogP contribution in [0.3, 0.4) is 0 Å². The Hall–Kier alpha value is -3.11. The molecule has 4 rings (SSSR count). The fourth-order valence-electron chi connectivity index (χ4n) is 3.86. The minimum absolute atomic E-state index is 0.0801. The molecule has 2 N–H and O–H groups in total. The first kappa shape index (κ1) is 20.2. The van der Waals surface area contributed by atoms with Gasteiger partial charge in [0.2, 0.25) is 0 Å². The molecule has 1 heterocycles. The number of aryl methyl sites for hydroxylation is 1. The molecule has 1 atom stereocenters. The third kappa shape index (κ3) is 5.28. The van der Waals surface area contributed by atoms with Crippen molar-refractivity contribution in [1.29, 1.82) is 0 Å². The summed E-state index contributed by atoms with van der Waals surface area (Å²) in [5.41, 5.74) is 4.49. The molecule has 0 aromatic heterocycles. The van der Waals surface area contributed by atoms with E-state index in [1.54, 1.807) is 0 Å². The monoisotopic (exact) mass is 400 g/mol. The summed E-state index contributed by atoms with van der Waals surface area (Å²) in [6, 6.07) is 26.6. The second kappa shape index (κ2) is 10.1. The van der Waals surface area contributed by atoms with Crippen molar-refractivity contribution in [2.24, 2.45) is 0 Å². The van der Waals surface area contributed by atoms with Crippen molar-refractivity contribution >= 4 is 5.91 Å². The van der Waals surface area contributed by atoms with Crippen LogP contribution in [0.1, 0.15) is 33.5 Å². The van der Waals surface area contributed by atoms with Crippen LogP contribution in [0.15, 0.2) is 78.9 Å². The van der Waals surface area contributed by atoms with Gasteiger partial charge in [0, 0.05) is 19.1 Å². The molecule has 30 heavy (non-hydrogen) atoms. The first-order valence-electron chi connectivity index (χ1n) is 10.6. The van der Waals surface area contributed by atoms with Gasteiger partial charge in [0.15, 0.2) is 0 Å². The maximum Gasteiger partial charge on any atom is 0.255 e. The van der Waals surface area contributed by atoms with Crippen LogP contribution in [-0.4, -0.2) is 25.1 Å². The molecular weight excluding hydrogens is 372 g/mol. The molecule has 4 heteroatoms. The van der Waals surface area contributed by atoms with Crippen molar-refractivity contribution in [3.8, 4) is 5.75 Å². The van der Waals surface area contributed by atoms with Crippen LogP contribution in [-0.2, 0) is 19.4 Å². The normalized spacial score (nSPS) is 17.6. The van der Waals surface area contributed by atoms with E-state index in [0.29, 0.717) is 24.5 Å². The predicted molar refractivity (Wildman–Crippen MR) is 120 cm³/mol. The molecule has 4 nitrogen and oxygen atoms in total. The van der Waals surface area contributed by atoms with Crippen molar-refractivity contribution in [3.63, 3.8) is 0 Å². The second-order valence-corrected chi connectivity index (χ2v) is 7.70. The summed E-state index contributed by atoms with van der Waals surface area (Å²) in [6.07, 6.45) is 2.70. The number of nitrogens with one attached hydrogen (secondary N) is 2. The molecule has 0 bridgehead atoms. The molecule has 0 radical (unpaired) electrons. The van der Waals surface area contributed by atoms with Gasteiger partial charge in [-0.2, -0.15) is 0 Å². The van der Waals surface area contributed by atoms with Crippen LogP contribution in [0, 0.1) is 0 Å². The summed E-state index contributed by atoms with van der Waals surface area (Å²) in [5.74, 6) is 0.552. The average molecular weight is 401 g/mol. The average Bonchev–Trinajstić information content (AvgIpc) is 2.79. The van der Waals surface area contributed by atoms with Gasteiger partial charge in [-0.15, -0.1) is 0 Å². The van der Waals surface area contributed by atoms with E-state index in [1.807, 2.05) is 30.3 Å². The molecule has 154 valence electrons. The van der Waals surface area contributed by atoms with Gasteiger partial charge in [0.25, 0.3) is 5.91 Å². The van der Waals surface area contributed by atoms with E-state index in [1.165, 1.54) is 16.7 Å².